The molecule has 0 aliphatic heterocycles. The number of hydrogen-bond donors (Lipinski definition) is 3. The van der Waals surface area contributed by atoms with Crippen molar-refractivity contribution in [3.05, 3.63) is 66.3 Å². The van der Waals surface area contributed by atoms with Gasteiger partial charge in [0.2, 0.25) is 12.3 Å². The number of amides is 2. The number of halogens is 3. The predicted octanol–water partition coefficient (Wildman–Crippen LogP) is 3.34. The molecule has 0 saturated carbocycles. The molecule has 0 radical (unpaired) electrons. The lowest BCUT2D eigenvalue weighted by molar-refractivity contribution is -0.115. The third-order valence-corrected chi connectivity index (χ3v) is 6.06. The summed E-state index contributed by atoms with van der Waals surface area (Å²) in [5.74, 6) is -0.521. The lowest BCUT2D eigenvalue weighted by Gasteiger charge is -2.21. The van der Waals surface area contributed by atoms with Gasteiger partial charge in [-0.3, -0.25) is 14.5 Å². The first-order chi connectivity index (χ1) is 20.1. The summed E-state index contributed by atoms with van der Waals surface area (Å²) < 4.78 is 44.6. The fourth-order valence-electron chi connectivity index (χ4n) is 3.81. The Morgan fingerprint density at radius 1 is 1.17 bits per heavy atom. The highest BCUT2D eigenvalue weighted by Gasteiger charge is 2.27. The number of carbonyl (C=O) groups is 2. The van der Waals surface area contributed by atoms with E-state index in [1.165, 1.54) is 27.9 Å². The fraction of sp³-hybridized carbons (Fsp3) is 0.296. The minimum atomic E-state index is -4.42. The van der Waals surface area contributed by atoms with Crippen molar-refractivity contribution in [3.8, 4) is 17.1 Å². The number of alkyl halides is 3. The van der Waals surface area contributed by atoms with Crippen LogP contribution in [-0.4, -0.2) is 88.1 Å². The smallest absolute Gasteiger partial charge is 0.405 e. The van der Waals surface area contributed by atoms with Crippen LogP contribution in [-0.2, 0) is 4.79 Å². The number of pyridine rings is 1. The largest absolute Gasteiger partial charge is 0.444 e. The van der Waals surface area contributed by atoms with Gasteiger partial charge in [-0.2, -0.15) is 13.2 Å². The highest BCUT2D eigenvalue weighted by atomic mass is 19.4. The van der Waals surface area contributed by atoms with Gasteiger partial charge in [0.1, 0.15) is 24.3 Å². The SMILES string of the molecule is Cc1ccc(-n2cc(NC(=O)c3coc(-c4ccnc(NCC(F)(F)F)c4)n3)c(N(C=O)CCN(C)CCO)n2)cc1. The number of nitrogens with one attached hydrogen (secondary N) is 2. The summed E-state index contributed by atoms with van der Waals surface area (Å²) in [6, 6.07) is 10.3. The number of aliphatic hydroxyl groups excluding tert-OH is 1. The highest BCUT2D eigenvalue weighted by Crippen LogP contribution is 2.27. The van der Waals surface area contributed by atoms with Crippen molar-refractivity contribution in [1.82, 2.24) is 24.6 Å². The molecule has 222 valence electrons. The quantitative estimate of drug-likeness (QED) is 0.201. The number of aryl methyl sites for hydroxylation is 1. The second-order valence-electron chi connectivity index (χ2n) is 9.36. The molecular weight excluding hydrogens is 557 g/mol. The van der Waals surface area contributed by atoms with Gasteiger partial charge in [-0.05, 0) is 38.2 Å². The van der Waals surface area contributed by atoms with Crippen LogP contribution in [0.5, 0.6) is 0 Å². The van der Waals surface area contributed by atoms with Crippen LogP contribution in [0.15, 0.2) is 59.5 Å². The van der Waals surface area contributed by atoms with Crippen molar-refractivity contribution in [2.75, 3.05) is 55.4 Å². The standard InChI is InChI=1S/C27H29F3N8O4/c1-18-3-5-20(6-4-18)38-14-21(24(35-38)37(17-40)10-9-36(2)11-12-39)33-25(41)22-15-42-26(34-22)19-7-8-31-23(13-19)32-16-27(28,29)30/h3-8,13-15,17,39H,9-12,16H2,1-2H3,(H,31,32)(H,33,41). The van der Waals surface area contributed by atoms with Crippen LogP contribution in [0.25, 0.3) is 17.1 Å². The maximum absolute atomic E-state index is 13.2. The van der Waals surface area contributed by atoms with Crippen LogP contribution in [0.3, 0.4) is 0 Å². The Labute approximate surface area is 238 Å². The number of likely N-dealkylation sites (N-methyl/N-ethyl adjacent to an activating group) is 1. The third-order valence-electron chi connectivity index (χ3n) is 6.06. The van der Waals surface area contributed by atoms with Crippen LogP contribution in [0.4, 0.5) is 30.5 Å². The average molecular weight is 587 g/mol. The topological polar surface area (TPSA) is 142 Å². The Hall–Kier alpha value is -4.76. The maximum Gasteiger partial charge on any atom is 0.405 e. The molecule has 0 saturated heterocycles. The molecule has 2 amide bonds. The van der Waals surface area contributed by atoms with Crippen molar-refractivity contribution in [2.24, 2.45) is 0 Å². The first-order valence-corrected chi connectivity index (χ1v) is 12.8. The van der Waals surface area contributed by atoms with Gasteiger partial charge in [0.15, 0.2) is 11.5 Å². The molecule has 15 heteroatoms. The Balaban J connectivity index is 1.57. The summed E-state index contributed by atoms with van der Waals surface area (Å²) in [6.45, 7) is 1.72. The zero-order valence-electron chi connectivity index (χ0n) is 22.8. The van der Waals surface area contributed by atoms with Crippen LogP contribution in [0, 0.1) is 6.92 Å². The molecule has 12 nitrogen and oxygen atoms in total. The van der Waals surface area contributed by atoms with Gasteiger partial charge in [0.25, 0.3) is 5.91 Å². The van der Waals surface area contributed by atoms with Crippen molar-refractivity contribution in [3.63, 3.8) is 0 Å². The van der Waals surface area contributed by atoms with E-state index in [1.807, 2.05) is 36.1 Å². The molecule has 3 N–H and O–H groups in total. The molecule has 3 aromatic heterocycles. The van der Waals surface area contributed by atoms with E-state index >= 15 is 0 Å². The number of aromatic nitrogens is 4. The first-order valence-electron chi connectivity index (χ1n) is 12.8. The van der Waals surface area contributed by atoms with Gasteiger partial charge in [0.05, 0.1) is 18.5 Å². The first kappa shape index (κ1) is 30.2. The average Bonchev–Trinajstić information content (AvgIpc) is 3.61. The van der Waals surface area contributed by atoms with Crippen LogP contribution in [0.2, 0.25) is 0 Å². The summed E-state index contributed by atoms with van der Waals surface area (Å²) in [5, 5.41) is 18.6. The van der Waals surface area contributed by atoms with Gasteiger partial charge < -0.3 is 25.1 Å². The zero-order valence-corrected chi connectivity index (χ0v) is 22.8. The van der Waals surface area contributed by atoms with Crippen LogP contribution >= 0.6 is 0 Å². The maximum atomic E-state index is 13.2. The minimum Gasteiger partial charge on any atom is -0.444 e. The number of anilines is 3. The molecule has 0 spiro atoms. The van der Waals surface area contributed by atoms with Crippen LogP contribution < -0.4 is 15.5 Å². The number of oxazole rings is 1. The second-order valence-corrected chi connectivity index (χ2v) is 9.36. The van der Waals surface area contributed by atoms with E-state index in [2.05, 4.69) is 25.7 Å². The molecule has 0 atom stereocenters. The number of aliphatic hydroxyl groups is 1. The van der Waals surface area contributed by atoms with Crippen LogP contribution in [0.1, 0.15) is 16.1 Å². The lowest BCUT2D eigenvalue weighted by atomic mass is 10.2. The molecular formula is C27H29F3N8O4. The Bertz CT molecular complexity index is 1500. The summed E-state index contributed by atoms with van der Waals surface area (Å²) >= 11 is 0. The summed E-state index contributed by atoms with van der Waals surface area (Å²) in [7, 11) is 1.80. The molecule has 0 bridgehead atoms. The fourth-order valence-corrected chi connectivity index (χ4v) is 3.81. The van der Waals surface area contributed by atoms with E-state index in [1.54, 1.807) is 13.2 Å². The molecule has 4 aromatic rings. The van der Waals surface area contributed by atoms with Crippen molar-refractivity contribution < 1.29 is 32.3 Å². The van der Waals surface area contributed by atoms with E-state index in [4.69, 9.17) is 9.52 Å². The number of rotatable bonds is 13. The Kier molecular flexibility index (Phi) is 9.54. The minimum absolute atomic E-state index is 0.00498. The van der Waals surface area contributed by atoms with E-state index in [-0.39, 0.29) is 42.1 Å². The molecule has 1 aromatic carbocycles. The van der Waals surface area contributed by atoms with Crippen molar-refractivity contribution >= 4 is 29.6 Å². The van der Waals surface area contributed by atoms with E-state index in [0.29, 0.717) is 30.8 Å². The van der Waals surface area contributed by atoms with E-state index in [9.17, 15) is 22.8 Å². The Morgan fingerprint density at radius 2 is 1.93 bits per heavy atom. The summed E-state index contributed by atoms with van der Waals surface area (Å²) in [4.78, 5) is 36.5. The van der Waals surface area contributed by atoms with Gasteiger partial charge in [-0.1, -0.05) is 17.7 Å². The number of carbonyl (C=O) groups excluding carboxylic acids is 2. The van der Waals surface area contributed by atoms with E-state index in [0.717, 1.165) is 11.8 Å². The number of nitrogens with zero attached hydrogens (tertiary/aromatic N) is 6. The van der Waals surface area contributed by atoms with Crippen molar-refractivity contribution in [2.45, 2.75) is 13.1 Å². The zero-order chi connectivity index (χ0) is 30.3. The predicted molar refractivity (Wildman–Crippen MR) is 149 cm³/mol. The molecule has 4 rings (SSSR count). The van der Waals surface area contributed by atoms with Gasteiger partial charge in [0, 0.05) is 31.4 Å². The summed E-state index contributed by atoms with van der Waals surface area (Å²) in [5.41, 5.74) is 2.16. The molecule has 42 heavy (non-hydrogen) atoms. The highest BCUT2D eigenvalue weighted by molar-refractivity contribution is 6.05. The molecule has 0 unspecified atom stereocenters. The molecule has 3 heterocycles. The monoisotopic (exact) mass is 586 g/mol. The van der Waals surface area contributed by atoms with Gasteiger partial charge >= 0.3 is 6.18 Å². The normalized spacial score (nSPS) is 11.5. The van der Waals surface area contributed by atoms with Crippen molar-refractivity contribution in [1.29, 1.82) is 0 Å². The number of benzene rings is 1. The second kappa shape index (κ2) is 13.3. The molecule has 0 aliphatic carbocycles. The van der Waals surface area contributed by atoms with E-state index < -0.39 is 18.6 Å². The lowest BCUT2D eigenvalue weighted by Crippen LogP contribution is -2.34. The third kappa shape index (κ3) is 7.92. The molecule has 0 aliphatic rings. The van der Waals surface area contributed by atoms with Gasteiger partial charge in [-0.15, -0.1) is 5.10 Å². The van der Waals surface area contributed by atoms with Gasteiger partial charge in [-0.25, -0.2) is 14.6 Å². The summed E-state index contributed by atoms with van der Waals surface area (Å²) in [6.07, 6.45) is 0.141. The molecule has 0 fully saturated rings. The Morgan fingerprint density at radius 3 is 2.62 bits per heavy atom. The number of hydrogen-bond acceptors (Lipinski definition) is 9.